The minimum absolute atomic E-state index is 0.0824. The van der Waals surface area contributed by atoms with E-state index in [1.165, 1.54) is 6.07 Å². The number of halogens is 1. The average molecular weight is 355 g/mol. The molecule has 4 rings (SSSR count). The molecule has 0 unspecified atom stereocenters. The Labute approximate surface area is 152 Å². The highest BCUT2D eigenvalue weighted by atomic mass is 19.1. The van der Waals surface area contributed by atoms with Gasteiger partial charge in [-0.3, -0.25) is 4.79 Å². The number of carbonyl (C=O) groups excluding carboxylic acids is 1. The second kappa shape index (κ2) is 7.27. The van der Waals surface area contributed by atoms with Crippen LogP contribution in [0.15, 0.2) is 36.5 Å². The van der Waals surface area contributed by atoms with Gasteiger partial charge >= 0.3 is 0 Å². The number of anilines is 2. The van der Waals surface area contributed by atoms with Crippen LogP contribution < -0.4 is 9.80 Å². The Kier molecular flexibility index (Phi) is 4.69. The summed E-state index contributed by atoms with van der Waals surface area (Å²) in [5, 5.41) is 0. The first-order valence-corrected chi connectivity index (χ1v) is 9.09. The molecule has 2 fully saturated rings. The van der Waals surface area contributed by atoms with Crippen molar-refractivity contribution in [2.75, 3.05) is 49.1 Å². The summed E-state index contributed by atoms with van der Waals surface area (Å²) in [4.78, 5) is 27.5. The van der Waals surface area contributed by atoms with Gasteiger partial charge < -0.3 is 14.7 Å². The summed E-state index contributed by atoms with van der Waals surface area (Å²) in [6, 6.07) is 8.43. The van der Waals surface area contributed by atoms with E-state index in [4.69, 9.17) is 0 Å². The fraction of sp³-hybridized carbons (Fsp3) is 0.421. The molecule has 3 heterocycles. The fourth-order valence-corrected chi connectivity index (χ4v) is 3.56. The maximum Gasteiger partial charge on any atom is 0.272 e. The first-order valence-electron chi connectivity index (χ1n) is 9.09. The van der Waals surface area contributed by atoms with Crippen LogP contribution in [-0.2, 0) is 0 Å². The monoisotopic (exact) mass is 355 g/mol. The van der Waals surface area contributed by atoms with Crippen LogP contribution in [0.25, 0.3) is 0 Å². The van der Waals surface area contributed by atoms with Crippen molar-refractivity contribution in [2.45, 2.75) is 12.8 Å². The van der Waals surface area contributed by atoms with Gasteiger partial charge in [-0.25, -0.2) is 14.4 Å². The van der Waals surface area contributed by atoms with Gasteiger partial charge in [0.15, 0.2) is 0 Å². The van der Waals surface area contributed by atoms with Crippen LogP contribution in [0, 0.1) is 5.82 Å². The van der Waals surface area contributed by atoms with Crippen molar-refractivity contribution in [1.29, 1.82) is 0 Å². The van der Waals surface area contributed by atoms with E-state index in [9.17, 15) is 9.18 Å². The number of aromatic nitrogens is 2. The highest BCUT2D eigenvalue weighted by Gasteiger charge is 2.25. The molecule has 0 bridgehead atoms. The van der Waals surface area contributed by atoms with Gasteiger partial charge in [0.2, 0.25) is 5.95 Å². The van der Waals surface area contributed by atoms with E-state index in [2.05, 4.69) is 14.9 Å². The number of hydrogen-bond donors (Lipinski definition) is 0. The highest BCUT2D eigenvalue weighted by Crippen LogP contribution is 2.21. The number of hydrogen-bond acceptors (Lipinski definition) is 5. The number of para-hydroxylation sites is 1. The molecule has 136 valence electrons. The molecule has 2 aromatic rings. The summed E-state index contributed by atoms with van der Waals surface area (Å²) in [5.41, 5.74) is 1.03. The van der Waals surface area contributed by atoms with Crippen molar-refractivity contribution in [3.8, 4) is 0 Å². The quantitative estimate of drug-likeness (QED) is 0.845. The van der Waals surface area contributed by atoms with E-state index in [0.717, 1.165) is 25.9 Å². The summed E-state index contributed by atoms with van der Waals surface area (Å²) in [5.74, 6) is 0.331. The van der Waals surface area contributed by atoms with Crippen LogP contribution in [0.5, 0.6) is 0 Å². The number of amides is 1. The molecule has 2 saturated heterocycles. The van der Waals surface area contributed by atoms with Crippen molar-refractivity contribution < 1.29 is 9.18 Å². The Morgan fingerprint density at radius 1 is 0.923 bits per heavy atom. The third kappa shape index (κ3) is 3.34. The zero-order chi connectivity index (χ0) is 17.9. The van der Waals surface area contributed by atoms with E-state index in [1.807, 2.05) is 11.0 Å². The van der Waals surface area contributed by atoms with Gasteiger partial charge in [0.25, 0.3) is 5.91 Å². The summed E-state index contributed by atoms with van der Waals surface area (Å²) in [6.45, 7) is 4.21. The van der Waals surface area contributed by atoms with E-state index >= 15 is 0 Å². The van der Waals surface area contributed by atoms with Gasteiger partial charge in [0.05, 0.1) is 5.69 Å². The van der Waals surface area contributed by atoms with Gasteiger partial charge in [-0.05, 0) is 31.0 Å². The van der Waals surface area contributed by atoms with Gasteiger partial charge in [-0.1, -0.05) is 12.1 Å². The first kappa shape index (κ1) is 16.8. The standard InChI is InChI=1S/C19H22FN5O/c20-15-5-1-2-6-17(15)23-11-13-24(14-12-23)18(26)16-7-8-21-19(22-16)25-9-3-4-10-25/h1-2,5-8H,3-4,9-14H2. The molecule has 0 N–H and O–H groups in total. The smallest absolute Gasteiger partial charge is 0.272 e. The molecule has 7 heteroatoms. The Hall–Kier alpha value is -2.70. The van der Waals surface area contributed by atoms with E-state index < -0.39 is 0 Å². The molecule has 26 heavy (non-hydrogen) atoms. The molecule has 1 aromatic heterocycles. The Bertz CT molecular complexity index is 785. The molecule has 0 aliphatic carbocycles. The molecular weight excluding hydrogens is 333 g/mol. The molecule has 0 atom stereocenters. The molecule has 2 aliphatic heterocycles. The van der Waals surface area contributed by atoms with Gasteiger partial charge in [0, 0.05) is 45.5 Å². The Morgan fingerprint density at radius 2 is 1.65 bits per heavy atom. The zero-order valence-corrected chi connectivity index (χ0v) is 14.6. The number of rotatable bonds is 3. The summed E-state index contributed by atoms with van der Waals surface area (Å²) in [6.07, 6.45) is 3.93. The molecule has 0 spiro atoms. The van der Waals surface area contributed by atoms with E-state index in [-0.39, 0.29) is 11.7 Å². The van der Waals surface area contributed by atoms with Crippen LogP contribution >= 0.6 is 0 Å². The largest absolute Gasteiger partial charge is 0.366 e. The van der Waals surface area contributed by atoms with Crippen molar-refractivity contribution >= 4 is 17.5 Å². The second-order valence-corrected chi connectivity index (χ2v) is 6.67. The van der Waals surface area contributed by atoms with Crippen molar-refractivity contribution in [2.24, 2.45) is 0 Å². The van der Waals surface area contributed by atoms with Gasteiger partial charge in [-0.15, -0.1) is 0 Å². The second-order valence-electron chi connectivity index (χ2n) is 6.67. The predicted molar refractivity (Wildman–Crippen MR) is 98.0 cm³/mol. The van der Waals surface area contributed by atoms with E-state index in [1.54, 1.807) is 29.3 Å². The van der Waals surface area contributed by atoms with Crippen LogP contribution in [0.3, 0.4) is 0 Å². The van der Waals surface area contributed by atoms with Gasteiger partial charge in [0.1, 0.15) is 11.5 Å². The summed E-state index contributed by atoms with van der Waals surface area (Å²) < 4.78 is 13.9. The number of carbonyl (C=O) groups is 1. The predicted octanol–water partition coefficient (Wildman–Crippen LogP) is 2.18. The maximum atomic E-state index is 13.9. The molecule has 0 saturated carbocycles. The zero-order valence-electron chi connectivity index (χ0n) is 14.6. The SMILES string of the molecule is O=C(c1ccnc(N2CCCC2)n1)N1CCN(c2ccccc2F)CC1. The third-order valence-corrected chi connectivity index (χ3v) is 5.01. The number of piperazine rings is 1. The van der Waals surface area contributed by atoms with Crippen LogP contribution in [-0.4, -0.2) is 60.0 Å². The van der Waals surface area contributed by atoms with Crippen LogP contribution in [0.4, 0.5) is 16.0 Å². The number of nitrogens with zero attached hydrogens (tertiary/aromatic N) is 5. The third-order valence-electron chi connectivity index (χ3n) is 5.01. The van der Waals surface area contributed by atoms with Crippen molar-refractivity contribution in [1.82, 2.24) is 14.9 Å². The molecule has 2 aliphatic rings. The van der Waals surface area contributed by atoms with Crippen LogP contribution in [0.1, 0.15) is 23.3 Å². The van der Waals surface area contributed by atoms with E-state index in [0.29, 0.717) is 43.5 Å². The fourth-order valence-electron chi connectivity index (χ4n) is 3.56. The lowest BCUT2D eigenvalue weighted by molar-refractivity contribution is 0.0740. The molecule has 1 aromatic carbocycles. The van der Waals surface area contributed by atoms with Crippen molar-refractivity contribution in [3.63, 3.8) is 0 Å². The molecular formula is C19H22FN5O. The number of benzene rings is 1. The van der Waals surface area contributed by atoms with Gasteiger partial charge in [-0.2, -0.15) is 0 Å². The summed E-state index contributed by atoms with van der Waals surface area (Å²) >= 11 is 0. The van der Waals surface area contributed by atoms with Crippen LogP contribution in [0.2, 0.25) is 0 Å². The summed E-state index contributed by atoms with van der Waals surface area (Å²) in [7, 11) is 0. The lowest BCUT2D eigenvalue weighted by Crippen LogP contribution is -2.49. The maximum absolute atomic E-state index is 13.9. The normalized spacial score (nSPS) is 17.7. The lowest BCUT2D eigenvalue weighted by Gasteiger charge is -2.36. The Morgan fingerprint density at radius 3 is 2.38 bits per heavy atom. The molecule has 0 radical (unpaired) electrons. The Balaban J connectivity index is 1.42. The molecule has 1 amide bonds. The molecule has 6 nitrogen and oxygen atoms in total. The minimum Gasteiger partial charge on any atom is -0.366 e. The van der Waals surface area contributed by atoms with Crippen molar-refractivity contribution in [3.05, 3.63) is 48.0 Å². The average Bonchev–Trinajstić information content (AvgIpc) is 3.23. The first-order chi connectivity index (χ1) is 12.7. The minimum atomic E-state index is -0.224. The highest BCUT2D eigenvalue weighted by molar-refractivity contribution is 5.92. The lowest BCUT2D eigenvalue weighted by atomic mass is 10.2. The topological polar surface area (TPSA) is 52.6 Å².